The lowest BCUT2D eigenvalue weighted by Crippen LogP contribution is -2.16. The van der Waals surface area contributed by atoms with Crippen molar-refractivity contribution in [1.82, 2.24) is 0 Å². The average Bonchev–Trinajstić information content (AvgIpc) is 3.18. The van der Waals surface area contributed by atoms with Gasteiger partial charge in [0.05, 0.1) is 117 Å². The Bertz CT molecular complexity index is 1030. The van der Waals surface area contributed by atoms with Crippen molar-refractivity contribution < 1.29 is 60.0 Å². The van der Waals surface area contributed by atoms with E-state index in [-0.39, 0.29) is 30.7 Å². The van der Waals surface area contributed by atoms with Gasteiger partial charge in [-0.3, -0.25) is 8.98 Å². The van der Waals surface area contributed by atoms with E-state index in [1.54, 1.807) is 18.2 Å². The van der Waals surface area contributed by atoms with Gasteiger partial charge in [0.25, 0.3) is 10.1 Å². The molecule has 0 aromatic heterocycles. The van der Waals surface area contributed by atoms with E-state index >= 15 is 0 Å². The molecule has 0 bridgehead atoms. The second-order valence-corrected chi connectivity index (χ2v) is 14.3. The van der Waals surface area contributed by atoms with Gasteiger partial charge in [0, 0.05) is 6.42 Å². The molecule has 0 saturated heterocycles. The van der Waals surface area contributed by atoms with Gasteiger partial charge in [-0.1, -0.05) is 102 Å². The van der Waals surface area contributed by atoms with Gasteiger partial charge in [-0.15, -0.1) is 0 Å². The highest BCUT2D eigenvalue weighted by molar-refractivity contribution is 7.86. The Labute approximate surface area is 326 Å². The van der Waals surface area contributed by atoms with Crippen molar-refractivity contribution in [2.75, 3.05) is 119 Å². The smallest absolute Gasteiger partial charge is 0.305 e. The molecule has 1 aromatic carbocycles. The summed E-state index contributed by atoms with van der Waals surface area (Å²) in [4.78, 5) is 12.0. The summed E-state index contributed by atoms with van der Waals surface area (Å²) >= 11 is 0. The van der Waals surface area contributed by atoms with Crippen LogP contribution in [0.2, 0.25) is 0 Å². The number of hydrogen-bond acceptors (Lipinski definition) is 13. The molecule has 13 nitrogen and oxygen atoms in total. The predicted molar refractivity (Wildman–Crippen MR) is 207 cm³/mol. The van der Waals surface area contributed by atoms with Gasteiger partial charge in [0.2, 0.25) is 0 Å². The van der Waals surface area contributed by atoms with Crippen LogP contribution in [0.15, 0.2) is 35.2 Å². The molecule has 0 aliphatic heterocycles. The van der Waals surface area contributed by atoms with Crippen LogP contribution in [-0.2, 0) is 61.7 Å². The lowest BCUT2D eigenvalue weighted by atomic mass is 10.0. The molecular formula is C40H72O13S. The summed E-state index contributed by atoms with van der Waals surface area (Å²) in [5.41, 5.74) is 0. The molecule has 0 saturated carbocycles. The number of carbonyl (C=O) groups is 1. The second kappa shape index (κ2) is 39.5. The van der Waals surface area contributed by atoms with Crippen LogP contribution < -0.4 is 0 Å². The highest BCUT2D eigenvalue weighted by Crippen LogP contribution is 2.13. The number of unbranched alkanes of at least 4 members (excludes halogenated alkanes) is 12. The molecule has 0 unspecified atom stereocenters. The first-order chi connectivity index (χ1) is 26.6. The van der Waals surface area contributed by atoms with Crippen molar-refractivity contribution in [2.45, 2.75) is 102 Å². The van der Waals surface area contributed by atoms with Crippen LogP contribution in [0.25, 0.3) is 0 Å². The standard InChI is InChI=1S/C40H72O13S/c1-2-3-4-5-6-7-8-9-10-11-12-13-17-20-40(41)52-37-35-50-33-31-48-29-27-46-25-23-44-21-22-45-24-26-47-28-30-49-32-34-51-36-38-53-54(42,43)39-18-15-14-16-19-39/h14-16,18-19H,2-13,17,20-38H2,1H3. The molecule has 0 spiro atoms. The van der Waals surface area contributed by atoms with Crippen LogP contribution in [0.5, 0.6) is 0 Å². The third-order valence-electron chi connectivity index (χ3n) is 8.08. The molecule has 1 aromatic rings. The Hall–Kier alpha value is -1.72. The Balaban J connectivity index is 1.67. The third kappa shape index (κ3) is 34.7. The molecule has 0 aliphatic rings. The Kier molecular flexibility index (Phi) is 36.8. The minimum Gasteiger partial charge on any atom is -0.463 e. The summed E-state index contributed by atoms with van der Waals surface area (Å²) < 4.78 is 77.7. The van der Waals surface area contributed by atoms with Gasteiger partial charge in [-0.2, -0.15) is 8.42 Å². The SMILES string of the molecule is CCCCCCCCCCCCCCCC(=O)OCCOCCOCCOCCOCCOCCOCCOCCOCCOS(=O)(=O)c1ccccc1. The largest absolute Gasteiger partial charge is 0.463 e. The fourth-order valence-corrected chi connectivity index (χ4v) is 5.99. The van der Waals surface area contributed by atoms with Gasteiger partial charge in [-0.25, -0.2) is 0 Å². The maximum atomic E-state index is 12.0. The van der Waals surface area contributed by atoms with E-state index in [0.717, 1.165) is 12.8 Å². The summed E-state index contributed by atoms with van der Waals surface area (Å²) in [6.07, 6.45) is 17.2. The summed E-state index contributed by atoms with van der Waals surface area (Å²) in [5.74, 6) is -0.140. The van der Waals surface area contributed by atoms with Crippen molar-refractivity contribution in [3.8, 4) is 0 Å². The summed E-state index contributed by atoms with van der Waals surface area (Å²) in [7, 11) is -3.76. The number of ether oxygens (including phenoxy) is 9. The predicted octanol–water partition coefficient (Wildman–Crippen LogP) is 6.55. The first-order valence-electron chi connectivity index (χ1n) is 20.3. The lowest BCUT2D eigenvalue weighted by molar-refractivity contribution is -0.145. The minimum absolute atomic E-state index is 0.0603. The maximum Gasteiger partial charge on any atom is 0.305 e. The summed E-state index contributed by atoms with van der Waals surface area (Å²) in [6.45, 7) is 9.19. The number of rotatable bonds is 43. The molecule has 0 atom stereocenters. The van der Waals surface area contributed by atoms with Crippen molar-refractivity contribution in [2.24, 2.45) is 0 Å². The van der Waals surface area contributed by atoms with Crippen LogP contribution in [0.4, 0.5) is 0 Å². The Morgan fingerprint density at radius 2 is 0.741 bits per heavy atom. The van der Waals surface area contributed by atoms with Gasteiger partial charge in [-0.05, 0) is 18.6 Å². The number of hydrogen-bond donors (Lipinski definition) is 0. The molecule has 0 N–H and O–H groups in total. The quantitative estimate of drug-likeness (QED) is 0.0401. The van der Waals surface area contributed by atoms with E-state index in [2.05, 4.69) is 6.92 Å². The zero-order valence-electron chi connectivity index (χ0n) is 33.2. The van der Waals surface area contributed by atoms with E-state index in [9.17, 15) is 13.2 Å². The van der Waals surface area contributed by atoms with Crippen molar-refractivity contribution >= 4 is 16.1 Å². The Morgan fingerprint density at radius 3 is 1.11 bits per heavy atom. The maximum absolute atomic E-state index is 12.0. The van der Waals surface area contributed by atoms with Crippen LogP contribution in [0.3, 0.4) is 0 Å². The molecule has 14 heteroatoms. The van der Waals surface area contributed by atoms with Gasteiger partial charge >= 0.3 is 5.97 Å². The topological polar surface area (TPSA) is 144 Å². The fourth-order valence-electron chi connectivity index (χ4n) is 5.07. The van der Waals surface area contributed by atoms with Crippen molar-refractivity contribution in [3.05, 3.63) is 30.3 Å². The normalized spacial score (nSPS) is 11.7. The highest BCUT2D eigenvalue weighted by atomic mass is 32.2. The number of esters is 1. The molecule has 54 heavy (non-hydrogen) atoms. The first kappa shape index (κ1) is 50.3. The molecule has 0 amide bonds. The average molecular weight is 793 g/mol. The summed E-state index contributed by atoms with van der Waals surface area (Å²) in [5, 5.41) is 0. The van der Waals surface area contributed by atoms with Crippen LogP contribution >= 0.6 is 0 Å². The van der Waals surface area contributed by atoms with E-state index in [0.29, 0.717) is 106 Å². The van der Waals surface area contributed by atoms with E-state index < -0.39 is 10.1 Å². The second-order valence-electron chi connectivity index (χ2n) is 12.7. The zero-order valence-corrected chi connectivity index (χ0v) is 34.0. The van der Waals surface area contributed by atoms with Crippen LogP contribution in [0, 0.1) is 0 Å². The fraction of sp³-hybridized carbons (Fsp3) is 0.825. The van der Waals surface area contributed by atoms with E-state index in [1.807, 2.05) is 0 Å². The molecule has 316 valence electrons. The molecule has 1 rings (SSSR count). The molecule has 0 radical (unpaired) electrons. The monoisotopic (exact) mass is 792 g/mol. The highest BCUT2D eigenvalue weighted by Gasteiger charge is 2.13. The molecule has 0 fully saturated rings. The lowest BCUT2D eigenvalue weighted by Gasteiger charge is -2.09. The number of carbonyl (C=O) groups excluding carboxylic acids is 1. The number of benzene rings is 1. The molecule has 0 aliphatic carbocycles. The Morgan fingerprint density at radius 1 is 0.426 bits per heavy atom. The van der Waals surface area contributed by atoms with Crippen molar-refractivity contribution in [3.63, 3.8) is 0 Å². The van der Waals surface area contributed by atoms with E-state index in [1.165, 1.54) is 82.8 Å². The summed E-state index contributed by atoms with van der Waals surface area (Å²) in [6, 6.07) is 7.98. The van der Waals surface area contributed by atoms with Crippen LogP contribution in [0.1, 0.15) is 96.8 Å². The zero-order chi connectivity index (χ0) is 38.9. The minimum atomic E-state index is -3.76. The van der Waals surface area contributed by atoms with Gasteiger partial charge in [0.1, 0.15) is 6.61 Å². The molecular weight excluding hydrogens is 720 g/mol. The van der Waals surface area contributed by atoms with Crippen LogP contribution in [-0.4, -0.2) is 133 Å². The third-order valence-corrected chi connectivity index (χ3v) is 9.40. The van der Waals surface area contributed by atoms with Gasteiger partial charge in [0.15, 0.2) is 0 Å². The van der Waals surface area contributed by atoms with E-state index in [4.69, 9.17) is 46.8 Å². The molecule has 0 heterocycles. The first-order valence-corrected chi connectivity index (χ1v) is 21.7. The van der Waals surface area contributed by atoms with Gasteiger partial charge < -0.3 is 42.6 Å². The van der Waals surface area contributed by atoms with Crippen molar-refractivity contribution in [1.29, 1.82) is 0 Å².